The summed E-state index contributed by atoms with van der Waals surface area (Å²) < 4.78 is 0. The van der Waals surface area contributed by atoms with Crippen molar-refractivity contribution >= 4 is 11.6 Å². The van der Waals surface area contributed by atoms with Crippen LogP contribution >= 0.6 is 11.6 Å². The third-order valence-corrected chi connectivity index (χ3v) is 4.21. The molecule has 0 fully saturated rings. The van der Waals surface area contributed by atoms with E-state index in [4.69, 9.17) is 11.6 Å². The highest BCUT2D eigenvalue weighted by atomic mass is 35.5. The van der Waals surface area contributed by atoms with E-state index in [1.807, 2.05) is 6.92 Å². The van der Waals surface area contributed by atoms with Gasteiger partial charge in [0.1, 0.15) is 0 Å². The smallest absolute Gasteiger partial charge is 0.0438 e. The predicted octanol–water partition coefficient (Wildman–Crippen LogP) is 5.24. The first-order valence-corrected chi connectivity index (χ1v) is 8.03. The molecule has 0 heterocycles. The van der Waals surface area contributed by atoms with E-state index in [9.17, 15) is 0 Å². The van der Waals surface area contributed by atoms with E-state index in [-0.39, 0.29) is 0 Å². The minimum absolute atomic E-state index is 0.311. The Labute approximate surface area is 133 Å². The molecule has 0 spiro atoms. The van der Waals surface area contributed by atoms with Crippen LogP contribution in [-0.4, -0.2) is 6.54 Å². The van der Waals surface area contributed by atoms with Crippen molar-refractivity contribution in [2.45, 2.75) is 39.7 Å². The molecule has 0 aliphatic heterocycles. The molecular formula is C19H24ClN. The highest BCUT2D eigenvalue weighted by Gasteiger charge is 2.12. The van der Waals surface area contributed by atoms with Gasteiger partial charge in [0.2, 0.25) is 0 Å². The predicted molar refractivity (Wildman–Crippen MR) is 92.1 cm³/mol. The molecule has 1 N–H and O–H groups in total. The summed E-state index contributed by atoms with van der Waals surface area (Å²) in [5, 5.41) is 4.48. The fourth-order valence-corrected chi connectivity index (χ4v) is 2.60. The first kappa shape index (κ1) is 16.1. The number of hydrogen-bond acceptors (Lipinski definition) is 1. The maximum absolute atomic E-state index is 6.29. The third kappa shape index (κ3) is 4.59. The third-order valence-electron chi connectivity index (χ3n) is 3.80. The van der Waals surface area contributed by atoms with E-state index >= 15 is 0 Å². The molecule has 0 bridgehead atoms. The van der Waals surface area contributed by atoms with Gasteiger partial charge >= 0.3 is 0 Å². The van der Waals surface area contributed by atoms with Gasteiger partial charge in [0.15, 0.2) is 0 Å². The van der Waals surface area contributed by atoms with Crippen LogP contribution in [0.15, 0.2) is 42.5 Å². The van der Waals surface area contributed by atoms with Gasteiger partial charge in [0, 0.05) is 11.1 Å². The second-order valence-electron chi connectivity index (χ2n) is 5.71. The van der Waals surface area contributed by atoms with Gasteiger partial charge in [-0.2, -0.15) is 0 Å². The zero-order valence-corrected chi connectivity index (χ0v) is 13.9. The summed E-state index contributed by atoms with van der Waals surface area (Å²) in [5.41, 5.74) is 5.05. The van der Waals surface area contributed by atoms with Crippen LogP contribution in [0.3, 0.4) is 0 Å². The van der Waals surface area contributed by atoms with Gasteiger partial charge < -0.3 is 5.32 Å². The number of rotatable bonds is 6. The van der Waals surface area contributed by atoms with Crippen LogP contribution in [0.5, 0.6) is 0 Å². The van der Waals surface area contributed by atoms with Crippen LogP contribution in [0, 0.1) is 13.8 Å². The Hall–Kier alpha value is -1.31. The molecular weight excluding hydrogens is 278 g/mol. The van der Waals surface area contributed by atoms with Gasteiger partial charge in [-0.15, -0.1) is 0 Å². The molecule has 21 heavy (non-hydrogen) atoms. The van der Waals surface area contributed by atoms with E-state index < -0.39 is 0 Å². The van der Waals surface area contributed by atoms with Crippen molar-refractivity contribution in [3.05, 3.63) is 69.7 Å². The highest BCUT2D eigenvalue weighted by molar-refractivity contribution is 6.31. The molecule has 1 atom stereocenters. The van der Waals surface area contributed by atoms with Crippen molar-refractivity contribution in [3.63, 3.8) is 0 Å². The van der Waals surface area contributed by atoms with Gasteiger partial charge in [-0.3, -0.25) is 0 Å². The molecule has 112 valence electrons. The van der Waals surface area contributed by atoms with Crippen molar-refractivity contribution in [3.8, 4) is 0 Å². The Morgan fingerprint density at radius 2 is 1.76 bits per heavy atom. The standard InChI is InChI=1S/C19H24ClN/c1-4-11-21-19(12-16-8-5-14(2)6-9-16)17-10-7-15(3)18(20)13-17/h5-10,13,19,21H,4,11-12H2,1-3H3. The summed E-state index contributed by atoms with van der Waals surface area (Å²) in [7, 11) is 0. The SMILES string of the molecule is CCCNC(Cc1ccc(C)cc1)c1ccc(C)c(Cl)c1. The average molecular weight is 302 g/mol. The van der Waals surface area contributed by atoms with Crippen LogP contribution < -0.4 is 5.32 Å². The minimum Gasteiger partial charge on any atom is -0.310 e. The first-order valence-electron chi connectivity index (χ1n) is 7.65. The molecule has 0 radical (unpaired) electrons. The van der Waals surface area contributed by atoms with E-state index in [1.54, 1.807) is 0 Å². The average Bonchev–Trinajstić information content (AvgIpc) is 2.48. The Kier molecular flexibility index (Phi) is 5.84. The molecule has 0 aliphatic rings. The lowest BCUT2D eigenvalue weighted by molar-refractivity contribution is 0.529. The van der Waals surface area contributed by atoms with Gasteiger partial charge in [0.25, 0.3) is 0 Å². The second kappa shape index (κ2) is 7.63. The van der Waals surface area contributed by atoms with E-state index in [2.05, 4.69) is 61.6 Å². The summed E-state index contributed by atoms with van der Waals surface area (Å²) in [5.74, 6) is 0. The zero-order valence-electron chi connectivity index (χ0n) is 13.1. The van der Waals surface area contributed by atoms with Crippen LogP contribution in [-0.2, 0) is 6.42 Å². The Morgan fingerprint density at radius 1 is 1.05 bits per heavy atom. The van der Waals surface area contributed by atoms with Crippen molar-refractivity contribution < 1.29 is 0 Å². The van der Waals surface area contributed by atoms with Gasteiger partial charge in [-0.25, -0.2) is 0 Å². The molecule has 2 heteroatoms. The molecule has 0 saturated carbocycles. The second-order valence-corrected chi connectivity index (χ2v) is 6.11. The topological polar surface area (TPSA) is 12.0 Å². The lowest BCUT2D eigenvalue weighted by atomic mass is 9.97. The lowest BCUT2D eigenvalue weighted by Crippen LogP contribution is -2.24. The molecule has 1 unspecified atom stereocenters. The maximum Gasteiger partial charge on any atom is 0.0438 e. The molecule has 0 aromatic heterocycles. The van der Waals surface area contributed by atoms with Crippen molar-refractivity contribution in [1.29, 1.82) is 0 Å². The largest absolute Gasteiger partial charge is 0.310 e. The molecule has 0 saturated heterocycles. The van der Waals surface area contributed by atoms with E-state index in [0.29, 0.717) is 6.04 Å². The van der Waals surface area contributed by atoms with Crippen LogP contribution in [0.25, 0.3) is 0 Å². The molecule has 0 amide bonds. The van der Waals surface area contributed by atoms with E-state index in [0.717, 1.165) is 30.0 Å². The van der Waals surface area contributed by atoms with Crippen LogP contribution in [0.4, 0.5) is 0 Å². The summed E-state index contributed by atoms with van der Waals surface area (Å²) >= 11 is 6.29. The van der Waals surface area contributed by atoms with E-state index in [1.165, 1.54) is 16.7 Å². The fourth-order valence-electron chi connectivity index (χ4n) is 2.41. The van der Waals surface area contributed by atoms with Crippen LogP contribution in [0.1, 0.15) is 41.6 Å². The molecule has 2 aromatic rings. The molecule has 2 aromatic carbocycles. The molecule has 1 nitrogen and oxygen atoms in total. The van der Waals surface area contributed by atoms with Crippen LogP contribution in [0.2, 0.25) is 5.02 Å². The number of benzene rings is 2. The van der Waals surface area contributed by atoms with Gasteiger partial charge in [0.05, 0.1) is 0 Å². The highest BCUT2D eigenvalue weighted by Crippen LogP contribution is 2.24. The lowest BCUT2D eigenvalue weighted by Gasteiger charge is -2.20. The number of aryl methyl sites for hydroxylation is 2. The number of halogens is 1. The Bertz CT molecular complexity index is 575. The Morgan fingerprint density at radius 3 is 2.38 bits per heavy atom. The summed E-state index contributed by atoms with van der Waals surface area (Å²) in [6.45, 7) is 7.37. The normalized spacial score (nSPS) is 12.4. The monoisotopic (exact) mass is 301 g/mol. The summed E-state index contributed by atoms with van der Waals surface area (Å²) in [6.07, 6.45) is 2.11. The van der Waals surface area contributed by atoms with Gasteiger partial charge in [-0.05, 0) is 56.0 Å². The number of hydrogen-bond donors (Lipinski definition) is 1. The van der Waals surface area contributed by atoms with Crippen molar-refractivity contribution in [2.24, 2.45) is 0 Å². The quantitative estimate of drug-likeness (QED) is 0.769. The fraction of sp³-hybridized carbons (Fsp3) is 0.368. The number of nitrogens with one attached hydrogen (secondary N) is 1. The Balaban J connectivity index is 2.20. The molecule has 2 rings (SSSR count). The first-order chi connectivity index (χ1) is 10.1. The zero-order chi connectivity index (χ0) is 15.2. The molecule has 0 aliphatic carbocycles. The van der Waals surface area contributed by atoms with Crippen molar-refractivity contribution in [2.75, 3.05) is 6.54 Å². The summed E-state index contributed by atoms with van der Waals surface area (Å²) in [6, 6.07) is 15.5. The summed E-state index contributed by atoms with van der Waals surface area (Å²) in [4.78, 5) is 0. The minimum atomic E-state index is 0.311. The van der Waals surface area contributed by atoms with Gasteiger partial charge in [-0.1, -0.05) is 60.5 Å². The van der Waals surface area contributed by atoms with Crippen molar-refractivity contribution in [1.82, 2.24) is 5.32 Å². The maximum atomic E-state index is 6.29.